The first-order valence-corrected chi connectivity index (χ1v) is 6.59. The van der Waals surface area contributed by atoms with Gasteiger partial charge in [0.25, 0.3) is 0 Å². The fourth-order valence-corrected chi connectivity index (χ4v) is 2.37. The van der Waals surface area contributed by atoms with E-state index in [1.807, 2.05) is 37.3 Å². The van der Waals surface area contributed by atoms with E-state index in [-0.39, 0.29) is 12.2 Å². The van der Waals surface area contributed by atoms with E-state index in [0.717, 1.165) is 16.7 Å². The first-order valence-electron chi connectivity index (χ1n) is 6.59. The zero-order chi connectivity index (χ0) is 13.2. The van der Waals surface area contributed by atoms with Crippen molar-refractivity contribution in [1.29, 1.82) is 0 Å². The molecule has 1 aliphatic rings. The van der Waals surface area contributed by atoms with Crippen LogP contribution in [0.4, 0.5) is 0 Å². The zero-order valence-corrected chi connectivity index (χ0v) is 10.8. The molecule has 19 heavy (non-hydrogen) atoms. The molecule has 3 atom stereocenters. The summed E-state index contributed by atoms with van der Waals surface area (Å²) in [5.74, 6) is 0.723. The first kappa shape index (κ1) is 12.4. The Morgan fingerprint density at radius 2 is 2.21 bits per heavy atom. The van der Waals surface area contributed by atoms with Crippen molar-refractivity contribution in [1.82, 2.24) is 4.98 Å². The number of aliphatic hydroxyl groups excluding tert-OH is 1. The van der Waals surface area contributed by atoms with Gasteiger partial charge in [0.15, 0.2) is 0 Å². The fraction of sp³-hybridized carbons (Fsp3) is 0.400. The molecular formula is C15H17NO3. The lowest BCUT2D eigenvalue weighted by Crippen LogP contribution is -2.55. The largest absolute Gasteiger partial charge is 0.486 e. The maximum absolute atomic E-state index is 9.64. The monoisotopic (exact) mass is 259 g/mol. The third-order valence-corrected chi connectivity index (χ3v) is 3.43. The number of benzene rings is 1. The van der Waals surface area contributed by atoms with Crippen LogP contribution in [0.15, 0.2) is 36.5 Å². The number of aliphatic hydroxyl groups is 1. The van der Waals surface area contributed by atoms with E-state index in [1.165, 1.54) is 0 Å². The van der Waals surface area contributed by atoms with E-state index in [2.05, 4.69) is 4.98 Å². The summed E-state index contributed by atoms with van der Waals surface area (Å²) in [6.07, 6.45) is 1.60. The number of hydrogen-bond donors (Lipinski definition) is 1. The van der Waals surface area contributed by atoms with Crippen LogP contribution in [0.1, 0.15) is 13.3 Å². The molecule has 1 saturated carbocycles. The van der Waals surface area contributed by atoms with Crippen molar-refractivity contribution < 1.29 is 14.6 Å². The summed E-state index contributed by atoms with van der Waals surface area (Å²) in [5.41, 5.74) is 0.949. The standard InChI is InChI=1S/C15H17NO3/c1-2-18-15-13(17)8-14(15)19-11-7-10-5-3-4-6-12(10)16-9-11/h3-7,9,13-15,17H,2,8H2,1H3. The number of pyridine rings is 1. The number of ether oxygens (including phenoxy) is 2. The van der Waals surface area contributed by atoms with Crippen LogP contribution in [-0.2, 0) is 4.74 Å². The molecule has 1 fully saturated rings. The normalized spacial score (nSPS) is 26.1. The van der Waals surface area contributed by atoms with E-state index in [9.17, 15) is 5.11 Å². The quantitative estimate of drug-likeness (QED) is 0.914. The first-order chi connectivity index (χ1) is 9.28. The summed E-state index contributed by atoms with van der Waals surface area (Å²) >= 11 is 0. The molecule has 4 heteroatoms. The van der Waals surface area contributed by atoms with Gasteiger partial charge < -0.3 is 14.6 Å². The fourth-order valence-electron chi connectivity index (χ4n) is 2.37. The molecule has 1 aliphatic carbocycles. The van der Waals surface area contributed by atoms with Gasteiger partial charge in [-0.3, -0.25) is 4.98 Å². The molecule has 0 spiro atoms. The molecule has 3 unspecified atom stereocenters. The third-order valence-electron chi connectivity index (χ3n) is 3.43. The van der Waals surface area contributed by atoms with Gasteiger partial charge in [0.2, 0.25) is 0 Å². The molecule has 0 saturated heterocycles. The highest BCUT2D eigenvalue weighted by Crippen LogP contribution is 2.29. The van der Waals surface area contributed by atoms with Crippen molar-refractivity contribution in [3.8, 4) is 5.75 Å². The highest BCUT2D eigenvalue weighted by molar-refractivity contribution is 5.79. The Bertz CT molecular complexity index is 572. The van der Waals surface area contributed by atoms with Crippen molar-refractivity contribution in [2.24, 2.45) is 0 Å². The Morgan fingerprint density at radius 1 is 1.37 bits per heavy atom. The highest BCUT2D eigenvalue weighted by atomic mass is 16.6. The summed E-state index contributed by atoms with van der Waals surface area (Å²) in [6.45, 7) is 2.50. The maximum Gasteiger partial charge on any atom is 0.138 e. The van der Waals surface area contributed by atoms with E-state index in [1.54, 1.807) is 6.20 Å². The second-order valence-electron chi connectivity index (χ2n) is 4.74. The Kier molecular flexibility index (Phi) is 3.36. The van der Waals surface area contributed by atoms with Crippen molar-refractivity contribution in [3.63, 3.8) is 0 Å². The maximum atomic E-state index is 9.64. The molecule has 0 aliphatic heterocycles. The van der Waals surface area contributed by atoms with Crippen LogP contribution in [0.3, 0.4) is 0 Å². The summed E-state index contributed by atoms with van der Waals surface area (Å²) in [4.78, 5) is 4.35. The molecule has 3 rings (SSSR count). The van der Waals surface area contributed by atoms with Crippen LogP contribution in [0, 0.1) is 0 Å². The van der Waals surface area contributed by atoms with Gasteiger partial charge in [-0.15, -0.1) is 0 Å². The minimum Gasteiger partial charge on any atom is -0.486 e. The van der Waals surface area contributed by atoms with E-state index < -0.39 is 6.10 Å². The summed E-state index contributed by atoms with van der Waals surface area (Å²) in [5, 5.41) is 10.7. The van der Waals surface area contributed by atoms with Crippen LogP contribution in [-0.4, -0.2) is 35.0 Å². The van der Waals surface area contributed by atoms with Crippen LogP contribution in [0.5, 0.6) is 5.75 Å². The molecule has 1 aromatic heterocycles. The number of nitrogens with zero attached hydrogens (tertiary/aromatic N) is 1. The molecule has 1 N–H and O–H groups in total. The van der Waals surface area contributed by atoms with Crippen molar-refractivity contribution in [2.75, 3.05) is 6.61 Å². The van der Waals surface area contributed by atoms with Gasteiger partial charge in [0, 0.05) is 18.4 Å². The Balaban J connectivity index is 1.75. The molecule has 4 nitrogen and oxygen atoms in total. The molecular weight excluding hydrogens is 242 g/mol. The number of hydrogen-bond acceptors (Lipinski definition) is 4. The minimum absolute atomic E-state index is 0.0853. The van der Waals surface area contributed by atoms with Crippen molar-refractivity contribution in [2.45, 2.75) is 31.7 Å². The molecule has 0 amide bonds. The molecule has 0 bridgehead atoms. The lowest BCUT2D eigenvalue weighted by molar-refractivity contribution is -0.160. The summed E-state index contributed by atoms with van der Waals surface area (Å²) in [6, 6.07) is 9.88. The summed E-state index contributed by atoms with van der Waals surface area (Å²) in [7, 11) is 0. The third kappa shape index (κ3) is 2.41. The van der Waals surface area contributed by atoms with Crippen LogP contribution >= 0.6 is 0 Å². The van der Waals surface area contributed by atoms with Gasteiger partial charge in [-0.2, -0.15) is 0 Å². The van der Waals surface area contributed by atoms with E-state index in [4.69, 9.17) is 9.47 Å². The predicted octanol–water partition coefficient (Wildman–Crippen LogP) is 2.15. The van der Waals surface area contributed by atoms with E-state index in [0.29, 0.717) is 13.0 Å². The molecule has 1 aromatic carbocycles. The molecule has 2 aromatic rings. The average Bonchev–Trinajstić information content (AvgIpc) is 2.44. The van der Waals surface area contributed by atoms with Gasteiger partial charge in [0.05, 0.1) is 17.8 Å². The Hall–Kier alpha value is -1.65. The van der Waals surface area contributed by atoms with Crippen molar-refractivity contribution >= 4 is 10.9 Å². The SMILES string of the molecule is CCOC1C(O)CC1Oc1cnc2ccccc2c1. The number of fused-ring (bicyclic) bond motifs is 1. The van der Waals surface area contributed by atoms with Gasteiger partial charge >= 0.3 is 0 Å². The van der Waals surface area contributed by atoms with Crippen LogP contribution in [0.25, 0.3) is 10.9 Å². The number of aromatic nitrogens is 1. The van der Waals surface area contributed by atoms with Gasteiger partial charge in [0.1, 0.15) is 18.0 Å². The van der Waals surface area contributed by atoms with Gasteiger partial charge in [-0.1, -0.05) is 18.2 Å². The number of rotatable bonds is 4. The topological polar surface area (TPSA) is 51.6 Å². The van der Waals surface area contributed by atoms with Gasteiger partial charge in [-0.25, -0.2) is 0 Å². The lowest BCUT2D eigenvalue weighted by atomic mass is 9.88. The van der Waals surface area contributed by atoms with Crippen molar-refractivity contribution in [3.05, 3.63) is 36.5 Å². The van der Waals surface area contributed by atoms with Gasteiger partial charge in [-0.05, 0) is 19.1 Å². The predicted molar refractivity (Wildman–Crippen MR) is 72.2 cm³/mol. The average molecular weight is 259 g/mol. The second-order valence-corrected chi connectivity index (χ2v) is 4.74. The lowest BCUT2D eigenvalue weighted by Gasteiger charge is -2.40. The number of para-hydroxylation sites is 1. The summed E-state index contributed by atoms with van der Waals surface area (Å²) < 4.78 is 11.3. The zero-order valence-electron chi connectivity index (χ0n) is 10.8. The smallest absolute Gasteiger partial charge is 0.138 e. The Morgan fingerprint density at radius 3 is 3.00 bits per heavy atom. The van der Waals surface area contributed by atoms with E-state index >= 15 is 0 Å². The molecule has 1 heterocycles. The highest BCUT2D eigenvalue weighted by Gasteiger charge is 2.42. The minimum atomic E-state index is -0.418. The van der Waals surface area contributed by atoms with Crippen LogP contribution < -0.4 is 4.74 Å². The van der Waals surface area contributed by atoms with Crippen LogP contribution in [0.2, 0.25) is 0 Å². The molecule has 100 valence electrons. The molecule has 0 radical (unpaired) electrons. The Labute approximate surface area is 112 Å². The second kappa shape index (κ2) is 5.15.